The van der Waals surface area contributed by atoms with Crippen molar-refractivity contribution in [3.05, 3.63) is 23.8 Å². The standard InChI is InChI=1S/C7H8O4/c8-5-3-1-2-4(6(5)9)7(10)11/h1-3,5-6,8-9H,(H,10,11). The molecular weight excluding hydrogens is 148 g/mol. The Balaban J connectivity index is 2.87. The van der Waals surface area contributed by atoms with Crippen molar-refractivity contribution in [2.75, 3.05) is 0 Å². The molecule has 11 heavy (non-hydrogen) atoms. The molecule has 0 bridgehead atoms. The molecule has 3 N–H and O–H groups in total. The van der Waals surface area contributed by atoms with Crippen LogP contribution >= 0.6 is 0 Å². The number of carboxylic acid groups (broad SMARTS) is 1. The lowest BCUT2D eigenvalue weighted by molar-refractivity contribution is -0.134. The molecule has 0 aromatic heterocycles. The first-order valence-electron chi connectivity index (χ1n) is 3.10. The number of carbonyl (C=O) groups is 1. The summed E-state index contributed by atoms with van der Waals surface area (Å²) in [6.45, 7) is 0. The number of aliphatic hydroxyl groups excluding tert-OH is 2. The van der Waals surface area contributed by atoms with Gasteiger partial charge in [-0.1, -0.05) is 12.2 Å². The van der Waals surface area contributed by atoms with E-state index in [0.717, 1.165) is 0 Å². The highest BCUT2D eigenvalue weighted by Crippen LogP contribution is 2.13. The highest BCUT2D eigenvalue weighted by molar-refractivity contribution is 5.88. The quantitative estimate of drug-likeness (QED) is 0.468. The Morgan fingerprint density at radius 2 is 2.09 bits per heavy atom. The molecule has 0 fully saturated rings. The fraction of sp³-hybridized carbons (Fsp3) is 0.286. The van der Waals surface area contributed by atoms with E-state index in [9.17, 15) is 4.79 Å². The molecule has 0 saturated carbocycles. The normalized spacial score (nSPS) is 29.8. The molecule has 0 radical (unpaired) electrons. The van der Waals surface area contributed by atoms with Crippen molar-refractivity contribution >= 4 is 5.97 Å². The Kier molecular flexibility index (Phi) is 2.07. The molecule has 1 aliphatic rings. The molecule has 0 spiro atoms. The number of allylic oxidation sites excluding steroid dienone is 2. The van der Waals surface area contributed by atoms with E-state index in [0.29, 0.717) is 0 Å². The van der Waals surface area contributed by atoms with Crippen molar-refractivity contribution in [2.45, 2.75) is 12.2 Å². The lowest BCUT2D eigenvalue weighted by atomic mass is 10.00. The number of aliphatic carboxylic acids is 1. The molecule has 1 aliphatic carbocycles. The second kappa shape index (κ2) is 2.86. The van der Waals surface area contributed by atoms with E-state index in [1.54, 1.807) is 0 Å². The van der Waals surface area contributed by atoms with Crippen molar-refractivity contribution < 1.29 is 20.1 Å². The molecule has 0 saturated heterocycles. The number of hydrogen-bond donors (Lipinski definition) is 3. The van der Waals surface area contributed by atoms with Crippen molar-refractivity contribution in [3.63, 3.8) is 0 Å². The van der Waals surface area contributed by atoms with Gasteiger partial charge in [-0.3, -0.25) is 0 Å². The van der Waals surface area contributed by atoms with Crippen molar-refractivity contribution in [3.8, 4) is 0 Å². The van der Waals surface area contributed by atoms with Gasteiger partial charge in [0.05, 0.1) is 5.57 Å². The number of hydrogen-bond acceptors (Lipinski definition) is 3. The Morgan fingerprint density at radius 3 is 2.55 bits per heavy atom. The van der Waals surface area contributed by atoms with E-state index in [4.69, 9.17) is 15.3 Å². The maximum Gasteiger partial charge on any atom is 0.334 e. The first-order chi connectivity index (χ1) is 5.13. The van der Waals surface area contributed by atoms with E-state index in [-0.39, 0.29) is 5.57 Å². The third-order valence-electron chi connectivity index (χ3n) is 1.47. The van der Waals surface area contributed by atoms with Crippen LogP contribution in [0.3, 0.4) is 0 Å². The van der Waals surface area contributed by atoms with Gasteiger partial charge < -0.3 is 15.3 Å². The predicted molar refractivity (Wildman–Crippen MR) is 36.9 cm³/mol. The van der Waals surface area contributed by atoms with E-state index < -0.39 is 18.2 Å². The maximum atomic E-state index is 10.3. The molecule has 0 amide bonds. The van der Waals surface area contributed by atoms with Gasteiger partial charge in [0.1, 0.15) is 12.2 Å². The summed E-state index contributed by atoms with van der Waals surface area (Å²) >= 11 is 0. The Hall–Kier alpha value is -1.13. The van der Waals surface area contributed by atoms with Crippen LogP contribution in [0.2, 0.25) is 0 Å². The first kappa shape index (κ1) is 7.97. The number of rotatable bonds is 1. The molecule has 0 aromatic rings. The van der Waals surface area contributed by atoms with Crippen molar-refractivity contribution in [1.82, 2.24) is 0 Å². The summed E-state index contributed by atoms with van der Waals surface area (Å²) in [5.41, 5.74) is -0.181. The highest BCUT2D eigenvalue weighted by atomic mass is 16.4. The van der Waals surface area contributed by atoms with E-state index in [1.165, 1.54) is 18.2 Å². The van der Waals surface area contributed by atoms with Crippen molar-refractivity contribution in [2.24, 2.45) is 0 Å². The average molecular weight is 156 g/mol. The summed E-state index contributed by atoms with van der Waals surface area (Å²) < 4.78 is 0. The lowest BCUT2D eigenvalue weighted by Gasteiger charge is -2.17. The van der Waals surface area contributed by atoms with Crippen LogP contribution in [0.5, 0.6) is 0 Å². The minimum Gasteiger partial charge on any atom is -0.478 e. The van der Waals surface area contributed by atoms with Crippen LogP contribution in [0.1, 0.15) is 0 Å². The van der Waals surface area contributed by atoms with Gasteiger partial charge in [-0.2, -0.15) is 0 Å². The van der Waals surface area contributed by atoms with Crippen LogP contribution in [0, 0.1) is 0 Å². The third-order valence-corrected chi connectivity index (χ3v) is 1.47. The van der Waals surface area contributed by atoms with Gasteiger partial charge in [-0.15, -0.1) is 0 Å². The maximum absolute atomic E-state index is 10.3. The summed E-state index contributed by atoms with van der Waals surface area (Å²) in [6.07, 6.45) is 1.58. The largest absolute Gasteiger partial charge is 0.478 e. The summed E-state index contributed by atoms with van der Waals surface area (Å²) in [6, 6.07) is 0. The highest BCUT2D eigenvalue weighted by Gasteiger charge is 2.25. The second-order valence-corrected chi connectivity index (χ2v) is 2.25. The van der Waals surface area contributed by atoms with Gasteiger partial charge in [0.25, 0.3) is 0 Å². The monoisotopic (exact) mass is 156 g/mol. The van der Waals surface area contributed by atoms with E-state index in [2.05, 4.69) is 0 Å². The van der Waals surface area contributed by atoms with Gasteiger partial charge in [0.15, 0.2) is 0 Å². The van der Waals surface area contributed by atoms with Crippen LogP contribution in [0.4, 0.5) is 0 Å². The molecule has 0 aromatic carbocycles. The average Bonchev–Trinajstić information content (AvgIpc) is 1.94. The van der Waals surface area contributed by atoms with Gasteiger partial charge in [-0.25, -0.2) is 4.79 Å². The number of aliphatic hydroxyl groups is 2. The lowest BCUT2D eigenvalue weighted by Crippen LogP contribution is -2.31. The Bertz CT molecular complexity index is 229. The third kappa shape index (κ3) is 1.47. The van der Waals surface area contributed by atoms with E-state index >= 15 is 0 Å². The summed E-state index contributed by atoms with van der Waals surface area (Å²) in [5, 5.41) is 26.5. The zero-order chi connectivity index (χ0) is 8.43. The van der Waals surface area contributed by atoms with Gasteiger partial charge >= 0.3 is 5.97 Å². The minimum atomic E-state index is -1.31. The van der Waals surface area contributed by atoms with Crippen LogP contribution in [-0.4, -0.2) is 33.5 Å². The molecule has 4 heteroatoms. The van der Waals surface area contributed by atoms with Crippen LogP contribution in [0.25, 0.3) is 0 Å². The minimum absolute atomic E-state index is 0.181. The molecule has 1 rings (SSSR count). The van der Waals surface area contributed by atoms with Crippen LogP contribution in [0.15, 0.2) is 23.8 Å². The smallest absolute Gasteiger partial charge is 0.334 e. The predicted octanol–water partition coefficient (Wildman–Crippen LogP) is -0.711. The SMILES string of the molecule is O=C(O)C1=CC=CC(O)C1O. The first-order valence-corrected chi connectivity index (χ1v) is 3.10. The molecule has 60 valence electrons. The fourth-order valence-corrected chi connectivity index (χ4v) is 0.859. The van der Waals surface area contributed by atoms with E-state index in [1.807, 2.05) is 0 Å². The molecule has 0 aliphatic heterocycles. The van der Waals surface area contributed by atoms with Crippen LogP contribution < -0.4 is 0 Å². The number of carboxylic acids is 1. The zero-order valence-corrected chi connectivity index (χ0v) is 5.64. The molecule has 2 unspecified atom stereocenters. The van der Waals surface area contributed by atoms with Gasteiger partial charge in [0.2, 0.25) is 0 Å². The summed E-state index contributed by atoms with van der Waals surface area (Å²) in [7, 11) is 0. The molecular formula is C7H8O4. The second-order valence-electron chi connectivity index (χ2n) is 2.25. The summed E-state index contributed by atoms with van der Waals surface area (Å²) in [5.74, 6) is -1.21. The summed E-state index contributed by atoms with van der Waals surface area (Å²) in [4.78, 5) is 10.3. The van der Waals surface area contributed by atoms with Gasteiger partial charge in [-0.05, 0) is 6.08 Å². The molecule has 4 nitrogen and oxygen atoms in total. The molecule has 2 atom stereocenters. The van der Waals surface area contributed by atoms with Gasteiger partial charge in [0, 0.05) is 0 Å². The Labute approximate surface area is 63.1 Å². The fourth-order valence-electron chi connectivity index (χ4n) is 0.859. The molecule has 0 heterocycles. The van der Waals surface area contributed by atoms with Crippen molar-refractivity contribution in [1.29, 1.82) is 0 Å². The topological polar surface area (TPSA) is 77.8 Å². The van der Waals surface area contributed by atoms with Crippen LogP contribution in [-0.2, 0) is 4.79 Å². The zero-order valence-electron chi connectivity index (χ0n) is 5.64. The Morgan fingerprint density at radius 1 is 1.45 bits per heavy atom.